The quantitative estimate of drug-likeness (QED) is 0.765. The molecule has 0 saturated heterocycles. The molecule has 1 aliphatic carbocycles. The fraction of sp³-hybridized carbons (Fsp3) is 0.417. The van der Waals surface area contributed by atoms with Crippen molar-refractivity contribution in [2.24, 2.45) is 0 Å². The average Bonchev–Trinajstić information content (AvgIpc) is 2.74. The summed E-state index contributed by atoms with van der Waals surface area (Å²) in [6.45, 7) is 2.65. The van der Waals surface area contributed by atoms with Crippen LogP contribution in [0.3, 0.4) is 0 Å². The van der Waals surface area contributed by atoms with Crippen molar-refractivity contribution in [1.29, 1.82) is 0 Å². The smallest absolute Gasteiger partial charge is 0.168 e. The Hall–Kier alpha value is -1.51. The third kappa shape index (κ3) is 2.49. The molecule has 0 amide bonds. The topological polar surface area (TPSA) is 34.1 Å². The van der Waals surface area contributed by atoms with Crippen molar-refractivity contribution in [3.05, 3.63) is 30.5 Å². The van der Waals surface area contributed by atoms with Gasteiger partial charge in [0, 0.05) is 12.2 Å². The zero-order chi connectivity index (χ0) is 10.5. The molecule has 80 valence electrons. The number of rotatable bonds is 4. The monoisotopic (exact) mass is 204 g/mol. The number of hydrogen-bond donors (Lipinski definition) is 1. The lowest BCUT2D eigenvalue weighted by Crippen LogP contribution is -2.16. The van der Waals surface area contributed by atoms with Gasteiger partial charge >= 0.3 is 0 Å². The van der Waals surface area contributed by atoms with Crippen LogP contribution in [0.2, 0.25) is 0 Å². The second kappa shape index (κ2) is 4.82. The molecule has 0 bridgehead atoms. The molecule has 0 spiro atoms. The first-order chi connectivity index (χ1) is 7.40. The van der Waals surface area contributed by atoms with E-state index >= 15 is 0 Å². The van der Waals surface area contributed by atoms with Gasteiger partial charge in [0.25, 0.3) is 0 Å². The Morgan fingerprint density at radius 2 is 2.27 bits per heavy atom. The predicted molar refractivity (Wildman–Crippen MR) is 61.2 cm³/mol. The van der Waals surface area contributed by atoms with Crippen molar-refractivity contribution < 1.29 is 4.74 Å². The minimum atomic E-state index is 0.471. The van der Waals surface area contributed by atoms with Gasteiger partial charge in [-0.2, -0.15) is 0 Å². The molecule has 0 radical (unpaired) electrons. The summed E-state index contributed by atoms with van der Waals surface area (Å²) in [5.74, 6) is 1.69. The van der Waals surface area contributed by atoms with Gasteiger partial charge in [0.2, 0.25) is 0 Å². The van der Waals surface area contributed by atoms with Gasteiger partial charge in [0.05, 0.1) is 6.61 Å². The lowest BCUT2D eigenvalue weighted by molar-refractivity contribution is 0.340. The minimum absolute atomic E-state index is 0.471. The first kappa shape index (κ1) is 10.0. The maximum atomic E-state index is 5.50. The summed E-state index contributed by atoms with van der Waals surface area (Å²) in [4.78, 5) is 4.30. The van der Waals surface area contributed by atoms with E-state index in [1.165, 1.54) is 0 Å². The van der Waals surface area contributed by atoms with Crippen LogP contribution in [0.15, 0.2) is 30.5 Å². The van der Waals surface area contributed by atoms with Crippen molar-refractivity contribution in [2.75, 3.05) is 11.9 Å². The molecule has 1 aromatic rings. The Bertz CT molecular complexity index is 341. The van der Waals surface area contributed by atoms with Crippen molar-refractivity contribution in [3.63, 3.8) is 0 Å². The highest BCUT2D eigenvalue weighted by atomic mass is 16.5. The lowest BCUT2D eigenvalue weighted by atomic mass is 10.2. The molecule has 1 aliphatic rings. The standard InChI is InChI=1S/C12H16N2O/c1-2-15-11-8-5-9-13-12(11)14-10-6-3-4-7-10/h3-5,8-10H,2,6-7H2,1H3,(H,13,14). The van der Waals surface area contributed by atoms with E-state index in [1.807, 2.05) is 19.1 Å². The summed E-state index contributed by atoms with van der Waals surface area (Å²) >= 11 is 0. The van der Waals surface area contributed by atoms with Crippen LogP contribution in [-0.2, 0) is 0 Å². The van der Waals surface area contributed by atoms with Crippen LogP contribution in [0, 0.1) is 0 Å². The summed E-state index contributed by atoms with van der Waals surface area (Å²) in [6, 6.07) is 4.31. The van der Waals surface area contributed by atoms with Crippen LogP contribution >= 0.6 is 0 Å². The fourth-order valence-corrected chi connectivity index (χ4v) is 1.70. The fourth-order valence-electron chi connectivity index (χ4n) is 1.70. The van der Waals surface area contributed by atoms with Crippen LogP contribution in [-0.4, -0.2) is 17.6 Å². The van der Waals surface area contributed by atoms with Crippen LogP contribution < -0.4 is 10.1 Å². The lowest BCUT2D eigenvalue weighted by Gasteiger charge is -2.15. The van der Waals surface area contributed by atoms with Crippen molar-refractivity contribution in [1.82, 2.24) is 4.98 Å². The molecule has 3 heteroatoms. The van der Waals surface area contributed by atoms with Gasteiger partial charge in [-0.05, 0) is 31.9 Å². The summed E-state index contributed by atoms with van der Waals surface area (Å²) in [7, 11) is 0. The van der Waals surface area contributed by atoms with E-state index in [-0.39, 0.29) is 0 Å². The number of nitrogens with one attached hydrogen (secondary N) is 1. The Kier molecular flexibility index (Phi) is 3.22. The van der Waals surface area contributed by atoms with Gasteiger partial charge < -0.3 is 10.1 Å². The van der Waals surface area contributed by atoms with Crippen LogP contribution in [0.4, 0.5) is 5.82 Å². The highest BCUT2D eigenvalue weighted by molar-refractivity contribution is 5.50. The second-order valence-electron chi connectivity index (χ2n) is 3.57. The van der Waals surface area contributed by atoms with Crippen molar-refractivity contribution >= 4 is 5.82 Å². The van der Waals surface area contributed by atoms with Gasteiger partial charge in [-0.25, -0.2) is 4.98 Å². The Labute approximate surface area is 90.2 Å². The van der Waals surface area contributed by atoms with Gasteiger partial charge in [0.15, 0.2) is 11.6 Å². The molecule has 1 heterocycles. The van der Waals surface area contributed by atoms with Gasteiger partial charge in [-0.15, -0.1) is 0 Å². The van der Waals surface area contributed by atoms with E-state index in [9.17, 15) is 0 Å². The molecule has 15 heavy (non-hydrogen) atoms. The van der Waals surface area contributed by atoms with Crippen molar-refractivity contribution in [3.8, 4) is 5.75 Å². The number of pyridine rings is 1. The molecule has 0 fully saturated rings. The maximum absolute atomic E-state index is 5.50. The summed E-state index contributed by atoms with van der Waals surface area (Å²) in [6.07, 6.45) is 8.32. The van der Waals surface area contributed by atoms with Crippen LogP contribution in [0.1, 0.15) is 19.8 Å². The Balaban J connectivity index is 2.05. The first-order valence-corrected chi connectivity index (χ1v) is 5.39. The molecule has 1 N–H and O–H groups in total. The largest absolute Gasteiger partial charge is 0.490 e. The first-order valence-electron chi connectivity index (χ1n) is 5.39. The van der Waals surface area contributed by atoms with E-state index in [0.717, 1.165) is 24.4 Å². The number of anilines is 1. The highest BCUT2D eigenvalue weighted by Gasteiger charge is 2.12. The predicted octanol–water partition coefficient (Wildman–Crippen LogP) is 2.61. The molecule has 2 rings (SSSR count). The zero-order valence-corrected chi connectivity index (χ0v) is 8.94. The SMILES string of the molecule is CCOc1cccnc1NC1CC=CC1. The third-order valence-corrected chi connectivity index (χ3v) is 2.42. The van der Waals surface area contributed by atoms with Crippen LogP contribution in [0.5, 0.6) is 5.75 Å². The molecule has 0 aromatic carbocycles. The minimum Gasteiger partial charge on any atom is -0.490 e. The average molecular weight is 204 g/mol. The molecule has 0 saturated carbocycles. The normalized spacial score (nSPS) is 15.5. The second-order valence-corrected chi connectivity index (χ2v) is 3.57. The number of ether oxygens (including phenoxy) is 1. The van der Waals surface area contributed by atoms with E-state index < -0.39 is 0 Å². The van der Waals surface area contributed by atoms with E-state index in [1.54, 1.807) is 6.20 Å². The Morgan fingerprint density at radius 1 is 1.47 bits per heavy atom. The molecule has 3 nitrogen and oxygen atoms in total. The maximum Gasteiger partial charge on any atom is 0.168 e. The molecular weight excluding hydrogens is 188 g/mol. The summed E-state index contributed by atoms with van der Waals surface area (Å²) in [5.41, 5.74) is 0. The molecule has 0 atom stereocenters. The molecule has 0 unspecified atom stereocenters. The summed E-state index contributed by atoms with van der Waals surface area (Å²) < 4.78 is 5.50. The molecule has 0 aliphatic heterocycles. The summed E-state index contributed by atoms with van der Waals surface area (Å²) in [5, 5.41) is 3.40. The Morgan fingerprint density at radius 3 is 3.00 bits per heavy atom. The van der Waals surface area contributed by atoms with E-state index in [0.29, 0.717) is 12.6 Å². The van der Waals surface area contributed by atoms with Crippen LogP contribution in [0.25, 0.3) is 0 Å². The number of aromatic nitrogens is 1. The van der Waals surface area contributed by atoms with Gasteiger partial charge in [-0.3, -0.25) is 0 Å². The number of nitrogens with zero attached hydrogens (tertiary/aromatic N) is 1. The van der Waals surface area contributed by atoms with E-state index in [2.05, 4.69) is 22.5 Å². The van der Waals surface area contributed by atoms with Gasteiger partial charge in [0.1, 0.15) is 0 Å². The van der Waals surface area contributed by atoms with Crippen molar-refractivity contribution in [2.45, 2.75) is 25.8 Å². The number of hydrogen-bond acceptors (Lipinski definition) is 3. The molecule has 1 aromatic heterocycles. The third-order valence-electron chi connectivity index (χ3n) is 2.42. The zero-order valence-electron chi connectivity index (χ0n) is 8.94. The highest BCUT2D eigenvalue weighted by Crippen LogP contribution is 2.24. The van der Waals surface area contributed by atoms with E-state index in [4.69, 9.17) is 4.74 Å². The molecular formula is C12H16N2O. The van der Waals surface area contributed by atoms with Gasteiger partial charge in [-0.1, -0.05) is 12.2 Å².